The molecule has 0 aliphatic heterocycles. The number of carbonyl (C=O) groups is 2. The van der Waals surface area contributed by atoms with Gasteiger partial charge in [-0.25, -0.2) is 4.98 Å². The predicted molar refractivity (Wildman–Crippen MR) is 154 cm³/mol. The highest BCUT2D eigenvalue weighted by Gasteiger charge is 2.51. The molecule has 7 nitrogen and oxygen atoms in total. The molecule has 0 bridgehead atoms. The van der Waals surface area contributed by atoms with Crippen molar-refractivity contribution in [3.8, 4) is 0 Å². The number of rotatable bonds is 10. The summed E-state index contributed by atoms with van der Waals surface area (Å²) in [5.41, 5.74) is 0.179. The summed E-state index contributed by atoms with van der Waals surface area (Å²) in [6, 6.07) is 19.4. The van der Waals surface area contributed by atoms with Crippen LogP contribution in [0.5, 0.6) is 0 Å². The van der Waals surface area contributed by atoms with E-state index in [0.29, 0.717) is 3.92 Å². The van der Waals surface area contributed by atoms with Gasteiger partial charge in [-0.1, -0.05) is 81.4 Å². The third kappa shape index (κ3) is 6.94. The number of hydrogen-bond donors (Lipinski definition) is 3. The van der Waals surface area contributed by atoms with Crippen molar-refractivity contribution in [1.82, 2.24) is 15.6 Å². The Hall–Kier alpha value is -2.37. The number of nitrogens with one attached hydrogen (secondary N) is 2. The van der Waals surface area contributed by atoms with E-state index in [1.807, 2.05) is 43.3 Å². The first-order chi connectivity index (χ1) is 17.5. The molecule has 0 fully saturated rings. The molecule has 1 heterocycles. The van der Waals surface area contributed by atoms with Crippen LogP contribution in [0.2, 0.25) is 5.04 Å². The molecule has 3 rings (SSSR count). The molecule has 10 heteroatoms. The van der Waals surface area contributed by atoms with Gasteiger partial charge in [-0.05, 0) is 45.2 Å². The molecule has 0 saturated heterocycles. The van der Waals surface area contributed by atoms with E-state index in [2.05, 4.69) is 76.6 Å². The number of amides is 2. The first-order valence-corrected chi connectivity index (χ1v) is 15.7. The molecule has 0 saturated carbocycles. The highest BCUT2D eigenvalue weighted by atomic mass is 79.9. The van der Waals surface area contributed by atoms with Crippen molar-refractivity contribution in [2.75, 3.05) is 6.54 Å². The Morgan fingerprint density at radius 2 is 1.59 bits per heavy atom. The van der Waals surface area contributed by atoms with E-state index in [1.54, 1.807) is 5.38 Å². The van der Waals surface area contributed by atoms with Gasteiger partial charge in [0.05, 0.1) is 12.2 Å². The van der Waals surface area contributed by atoms with E-state index in [-0.39, 0.29) is 23.4 Å². The average Bonchev–Trinajstić information content (AvgIpc) is 3.30. The Balaban J connectivity index is 1.79. The average molecular weight is 605 g/mol. The molecule has 198 valence electrons. The summed E-state index contributed by atoms with van der Waals surface area (Å²) in [6.07, 6.45) is -1.44. The Bertz CT molecular complexity index is 1150. The standard InChI is InChI=1S/C27H34BrN3O4SSi/c1-18(16-29-25(34)23(19(2)32)31-24(33)22-17-36-26(28)30-22)35-37(27(3,4)5,20-12-8-6-9-13-20)21-14-10-7-11-15-21/h6-15,17-19,23,32H,16H2,1-5H3,(H,29,34)(H,31,33)/t18-,19-,23?/m1/s1. The van der Waals surface area contributed by atoms with Gasteiger partial charge in [-0.3, -0.25) is 9.59 Å². The second-order valence-electron chi connectivity index (χ2n) is 10.0. The summed E-state index contributed by atoms with van der Waals surface area (Å²) >= 11 is 4.49. The first kappa shape index (κ1) is 29.2. The normalized spacial score (nSPS) is 14.5. The first-order valence-electron chi connectivity index (χ1n) is 12.1. The summed E-state index contributed by atoms with van der Waals surface area (Å²) < 4.78 is 7.54. The summed E-state index contributed by atoms with van der Waals surface area (Å²) in [5, 5.41) is 19.3. The molecule has 0 spiro atoms. The van der Waals surface area contributed by atoms with Crippen LogP contribution in [0, 0.1) is 0 Å². The number of benzene rings is 2. The van der Waals surface area contributed by atoms with Crippen molar-refractivity contribution < 1.29 is 19.1 Å². The van der Waals surface area contributed by atoms with Gasteiger partial charge in [0.2, 0.25) is 5.91 Å². The smallest absolute Gasteiger partial charge is 0.271 e. The van der Waals surface area contributed by atoms with Gasteiger partial charge < -0.3 is 20.2 Å². The summed E-state index contributed by atoms with van der Waals surface area (Å²) in [6.45, 7) is 10.2. The largest absolute Gasteiger partial charge is 0.403 e. The molecular formula is C27H34BrN3O4SSi. The van der Waals surface area contributed by atoms with Gasteiger partial charge in [-0.15, -0.1) is 11.3 Å². The number of carbonyl (C=O) groups excluding carboxylic acids is 2. The van der Waals surface area contributed by atoms with Crippen LogP contribution < -0.4 is 21.0 Å². The fraction of sp³-hybridized carbons (Fsp3) is 0.370. The molecular weight excluding hydrogens is 570 g/mol. The van der Waals surface area contributed by atoms with E-state index in [0.717, 1.165) is 10.4 Å². The van der Waals surface area contributed by atoms with E-state index >= 15 is 0 Å². The van der Waals surface area contributed by atoms with Crippen molar-refractivity contribution in [2.24, 2.45) is 0 Å². The molecule has 1 unspecified atom stereocenters. The Kier molecular flexibility index (Phi) is 9.82. The van der Waals surface area contributed by atoms with Gasteiger partial charge >= 0.3 is 0 Å². The Labute approximate surface area is 231 Å². The lowest BCUT2D eigenvalue weighted by Gasteiger charge is -2.44. The second-order valence-corrected chi connectivity index (χ2v) is 16.4. The van der Waals surface area contributed by atoms with Crippen molar-refractivity contribution in [1.29, 1.82) is 0 Å². The van der Waals surface area contributed by atoms with Crippen LogP contribution in [-0.4, -0.2) is 55.0 Å². The van der Waals surface area contributed by atoms with Crippen LogP contribution in [0.25, 0.3) is 0 Å². The summed E-state index contributed by atoms with van der Waals surface area (Å²) in [4.78, 5) is 29.6. The van der Waals surface area contributed by atoms with Crippen molar-refractivity contribution >= 4 is 57.8 Å². The maximum Gasteiger partial charge on any atom is 0.271 e. The maximum absolute atomic E-state index is 13.0. The van der Waals surface area contributed by atoms with Crippen LogP contribution in [0.1, 0.15) is 45.1 Å². The number of halogens is 1. The van der Waals surface area contributed by atoms with Gasteiger partial charge in [-0.2, -0.15) is 0 Å². The quantitative estimate of drug-likeness (QED) is 0.308. The minimum Gasteiger partial charge on any atom is -0.403 e. The molecule has 1 aromatic heterocycles. The van der Waals surface area contributed by atoms with Crippen molar-refractivity contribution in [3.63, 3.8) is 0 Å². The number of aliphatic hydroxyl groups is 1. The zero-order chi connectivity index (χ0) is 27.2. The SMILES string of the molecule is C[C@H](CNC(=O)C(NC(=O)c1csc(Br)n1)[C@@H](C)O)O[Si](c1ccccc1)(c1ccccc1)C(C)(C)C. The van der Waals surface area contributed by atoms with E-state index < -0.39 is 32.3 Å². The lowest BCUT2D eigenvalue weighted by atomic mass is 10.1. The summed E-state index contributed by atoms with van der Waals surface area (Å²) in [7, 11) is -2.78. The highest BCUT2D eigenvalue weighted by molar-refractivity contribution is 9.11. The minimum absolute atomic E-state index is 0.179. The molecule has 0 aliphatic rings. The van der Waals surface area contributed by atoms with Gasteiger partial charge in [0, 0.05) is 11.9 Å². The number of nitrogens with zero attached hydrogens (tertiary/aromatic N) is 1. The zero-order valence-electron chi connectivity index (χ0n) is 21.7. The molecule has 0 aliphatic carbocycles. The van der Waals surface area contributed by atoms with E-state index in [1.165, 1.54) is 18.3 Å². The Morgan fingerprint density at radius 3 is 2.03 bits per heavy atom. The molecule has 3 N–H and O–H groups in total. The third-order valence-electron chi connectivity index (χ3n) is 6.12. The van der Waals surface area contributed by atoms with Crippen LogP contribution in [0.15, 0.2) is 70.0 Å². The molecule has 3 atom stereocenters. The van der Waals surface area contributed by atoms with Gasteiger partial charge in [0.15, 0.2) is 3.92 Å². The minimum atomic E-state index is -2.78. The third-order valence-corrected chi connectivity index (χ3v) is 12.6. The second kappa shape index (κ2) is 12.4. The lowest BCUT2D eigenvalue weighted by molar-refractivity contribution is -0.125. The highest BCUT2D eigenvalue weighted by Crippen LogP contribution is 2.37. The molecule has 0 radical (unpaired) electrons. The zero-order valence-corrected chi connectivity index (χ0v) is 25.1. The molecule has 37 heavy (non-hydrogen) atoms. The van der Waals surface area contributed by atoms with E-state index in [9.17, 15) is 14.7 Å². The van der Waals surface area contributed by atoms with Crippen LogP contribution in [0.3, 0.4) is 0 Å². The number of aliphatic hydroxyl groups excluding tert-OH is 1. The monoisotopic (exact) mass is 603 g/mol. The molecule has 2 aromatic carbocycles. The van der Waals surface area contributed by atoms with Crippen molar-refractivity contribution in [3.05, 3.63) is 75.7 Å². The number of thiazole rings is 1. The lowest BCUT2D eigenvalue weighted by Crippen LogP contribution is -2.68. The molecule has 2 amide bonds. The summed E-state index contributed by atoms with van der Waals surface area (Å²) in [5.74, 6) is -1.02. The topological polar surface area (TPSA) is 101 Å². The maximum atomic E-state index is 13.0. The van der Waals surface area contributed by atoms with Gasteiger partial charge in [0.1, 0.15) is 11.7 Å². The fourth-order valence-electron chi connectivity index (χ4n) is 4.37. The Morgan fingerprint density at radius 1 is 1.05 bits per heavy atom. The number of hydrogen-bond acceptors (Lipinski definition) is 6. The van der Waals surface area contributed by atoms with Crippen LogP contribution >= 0.6 is 27.3 Å². The fourth-order valence-corrected chi connectivity index (χ4v) is 10.1. The molecule has 3 aromatic rings. The van der Waals surface area contributed by atoms with Gasteiger partial charge in [0.25, 0.3) is 14.2 Å². The number of aromatic nitrogens is 1. The van der Waals surface area contributed by atoms with Crippen LogP contribution in [0.4, 0.5) is 0 Å². The predicted octanol–water partition coefficient (Wildman–Crippen LogP) is 3.47. The van der Waals surface area contributed by atoms with Crippen LogP contribution in [-0.2, 0) is 9.22 Å². The van der Waals surface area contributed by atoms with Crippen molar-refractivity contribution in [2.45, 2.75) is 57.9 Å². The van der Waals surface area contributed by atoms with E-state index in [4.69, 9.17) is 4.43 Å².